The van der Waals surface area contributed by atoms with Crippen LogP contribution in [0.5, 0.6) is 0 Å². The van der Waals surface area contributed by atoms with Gasteiger partial charge in [0.1, 0.15) is 23.0 Å². The second-order valence-corrected chi connectivity index (χ2v) is 6.34. The van der Waals surface area contributed by atoms with Crippen LogP contribution in [0.3, 0.4) is 0 Å². The molecule has 0 saturated carbocycles. The average Bonchev–Trinajstić information content (AvgIpc) is 2.22. The summed E-state index contributed by atoms with van der Waals surface area (Å²) in [4.78, 5) is 11.4. The minimum Gasteiger partial charge on any atom is -0.448 e. The van der Waals surface area contributed by atoms with Crippen molar-refractivity contribution in [2.45, 2.75) is 12.3 Å². The van der Waals surface area contributed by atoms with Gasteiger partial charge in [-0.1, -0.05) is 15.9 Å². The van der Waals surface area contributed by atoms with Gasteiger partial charge in [-0.15, -0.1) is 0 Å². The number of alkyl halides is 3. The molecule has 0 radical (unpaired) electrons. The van der Waals surface area contributed by atoms with Gasteiger partial charge in [-0.05, 0) is 12.1 Å². The smallest absolute Gasteiger partial charge is 0.426 e. The van der Waals surface area contributed by atoms with E-state index in [0.717, 1.165) is 0 Å². The summed E-state index contributed by atoms with van der Waals surface area (Å²) in [5.41, 5.74) is -1.42. The van der Waals surface area contributed by atoms with E-state index in [1.807, 2.05) is 0 Å². The highest BCUT2D eigenvalue weighted by Gasteiger charge is 2.46. The van der Waals surface area contributed by atoms with Gasteiger partial charge in [-0.3, -0.25) is 4.55 Å². The second kappa shape index (κ2) is 6.46. The molecule has 5 nitrogen and oxygen atoms in total. The lowest BCUT2D eigenvalue weighted by atomic mass is 10.2. The largest absolute Gasteiger partial charge is 0.448 e. The van der Waals surface area contributed by atoms with Crippen LogP contribution in [-0.2, 0) is 14.9 Å². The molecule has 22 heavy (non-hydrogen) atoms. The summed E-state index contributed by atoms with van der Waals surface area (Å²) in [6.07, 6.45) is -8.65. The first-order valence-electron chi connectivity index (χ1n) is 5.18. The predicted octanol–water partition coefficient (Wildman–Crippen LogP) is 2.70. The van der Waals surface area contributed by atoms with Crippen molar-refractivity contribution in [3.8, 4) is 0 Å². The van der Waals surface area contributed by atoms with Gasteiger partial charge in [0.25, 0.3) is 10.1 Å². The molecule has 0 aliphatic rings. The van der Waals surface area contributed by atoms with Crippen molar-refractivity contribution in [3.05, 3.63) is 33.8 Å². The number of halogens is 6. The van der Waals surface area contributed by atoms with E-state index in [4.69, 9.17) is 4.55 Å². The molecule has 0 heterocycles. The zero-order valence-electron chi connectivity index (χ0n) is 10.2. The average molecular weight is 413 g/mol. The molecule has 1 aromatic carbocycles. The molecule has 0 bridgehead atoms. The number of carbonyl (C=O) groups excluding carboxylic acids is 1. The number of benzene rings is 1. The van der Waals surface area contributed by atoms with Crippen molar-refractivity contribution in [2.24, 2.45) is 0 Å². The van der Waals surface area contributed by atoms with Gasteiger partial charge < -0.3 is 4.74 Å². The summed E-state index contributed by atoms with van der Waals surface area (Å²) < 4.78 is 97.5. The highest BCUT2D eigenvalue weighted by Crippen LogP contribution is 2.27. The molecule has 124 valence electrons. The Morgan fingerprint density at radius 3 is 2.09 bits per heavy atom. The Morgan fingerprint density at radius 2 is 1.73 bits per heavy atom. The van der Waals surface area contributed by atoms with E-state index in [1.54, 1.807) is 0 Å². The van der Waals surface area contributed by atoms with Crippen LogP contribution in [0.1, 0.15) is 10.4 Å². The Morgan fingerprint density at radius 1 is 1.27 bits per heavy atom. The Hall–Kier alpha value is -1.27. The normalized spacial score (nSPS) is 13.8. The van der Waals surface area contributed by atoms with Gasteiger partial charge in [-0.2, -0.15) is 21.6 Å². The van der Waals surface area contributed by atoms with Crippen LogP contribution in [0.4, 0.5) is 22.0 Å². The second-order valence-electron chi connectivity index (χ2n) is 3.93. The quantitative estimate of drug-likeness (QED) is 0.467. The summed E-state index contributed by atoms with van der Waals surface area (Å²) in [7, 11) is -5.15. The molecular weight excluding hydrogens is 407 g/mol. The van der Waals surface area contributed by atoms with E-state index in [0.29, 0.717) is 12.1 Å². The molecule has 1 aromatic rings. The van der Waals surface area contributed by atoms with E-state index in [1.165, 1.54) is 0 Å². The first-order valence-corrected chi connectivity index (χ1v) is 7.59. The number of rotatable bonds is 4. The summed E-state index contributed by atoms with van der Waals surface area (Å²) in [5, 5.41) is 0. The number of carbonyl (C=O) groups is 1. The van der Waals surface area contributed by atoms with E-state index in [9.17, 15) is 35.2 Å². The molecule has 12 heteroatoms. The van der Waals surface area contributed by atoms with Crippen molar-refractivity contribution in [1.29, 1.82) is 0 Å². The van der Waals surface area contributed by atoms with Crippen LogP contribution in [0.25, 0.3) is 0 Å². The van der Waals surface area contributed by atoms with Crippen molar-refractivity contribution in [1.82, 2.24) is 0 Å². The monoisotopic (exact) mass is 412 g/mol. The molecule has 0 aromatic heterocycles. The summed E-state index contributed by atoms with van der Waals surface area (Å²) in [5.74, 6) is -7.08. The van der Waals surface area contributed by atoms with E-state index >= 15 is 0 Å². The van der Waals surface area contributed by atoms with Gasteiger partial charge in [0, 0.05) is 4.47 Å². The molecule has 1 unspecified atom stereocenters. The molecule has 0 spiro atoms. The van der Waals surface area contributed by atoms with Crippen molar-refractivity contribution in [3.63, 3.8) is 0 Å². The van der Waals surface area contributed by atoms with E-state index < -0.39 is 51.3 Å². The fraction of sp³-hybridized carbons (Fsp3) is 0.300. The maximum absolute atomic E-state index is 13.4. The Kier molecular flexibility index (Phi) is 5.51. The number of esters is 1. The van der Waals surface area contributed by atoms with Gasteiger partial charge in [0.15, 0.2) is 0 Å². The fourth-order valence-electron chi connectivity index (χ4n) is 1.31. The summed E-state index contributed by atoms with van der Waals surface area (Å²) in [6, 6.07) is 1.20. The predicted molar refractivity (Wildman–Crippen MR) is 65.7 cm³/mol. The molecule has 0 aliphatic carbocycles. The number of hydrogen-bond donors (Lipinski definition) is 1. The van der Waals surface area contributed by atoms with Crippen molar-refractivity contribution >= 4 is 32.0 Å². The Labute approximate surface area is 128 Å². The van der Waals surface area contributed by atoms with Crippen LogP contribution in [0.15, 0.2) is 16.6 Å². The molecule has 1 rings (SSSR count). The number of ether oxygens (including phenoxy) is 1. The Bertz CT molecular complexity index is 664. The maximum atomic E-state index is 13.4. The summed E-state index contributed by atoms with van der Waals surface area (Å²) >= 11 is 2.69. The minimum atomic E-state index is -5.37. The molecule has 1 atom stereocenters. The van der Waals surface area contributed by atoms with Gasteiger partial charge in [0.2, 0.25) is 6.10 Å². The van der Waals surface area contributed by atoms with Crippen LogP contribution < -0.4 is 0 Å². The minimum absolute atomic E-state index is 0.121. The lowest BCUT2D eigenvalue weighted by molar-refractivity contribution is -0.197. The van der Waals surface area contributed by atoms with Crippen molar-refractivity contribution in [2.75, 3.05) is 5.75 Å². The molecular formula is C10H6BrF5O5S. The first kappa shape index (κ1) is 18.8. The van der Waals surface area contributed by atoms with Crippen LogP contribution in [0, 0.1) is 11.6 Å². The van der Waals surface area contributed by atoms with Gasteiger partial charge in [-0.25, -0.2) is 13.6 Å². The van der Waals surface area contributed by atoms with Crippen LogP contribution in [0.2, 0.25) is 0 Å². The molecule has 0 saturated heterocycles. The van der Waals surface area contributed by atoms with Crippen molar-refractivity contribution < 1.29 is 44.5 Å². The van der Waals surface area contributed by atoms with Gasteiger partial charge >= 0.3 is 12.1 Å². The highest BCUT2D eigenvalue weighted by atomic mass is 79.9. The third kappa shape index (κ3) is 5.18. The van der Waals surface area contributed by atoms with E-state index in [-0.39, 0.29) is 4.47 Å². The standard InChI is InChI=1S/C10H6BrF5O5S/c11-4-1-5(12)8(6(13)2-4)9(17)21-7(10(14,15)16)3-22(18,19)20/h1-2,7H,3H2,(H,18,19,20). The molecule has 1 N–H and O–H groups in total. The highest BCUT2D eigenvalue weighted by molar-refractivity contribution is 9.10. The molecule has 0 fully saturated rings. The number of hydrogen-bond acceptors (Lipinski definition) is 4. The lowest BCUT2D eigenvalue weighted by Gasteiger charge is -2.19. The first-order chi connectivity index (χ1) is 9.81. The zero-order valence-corrected chi connectivity index (χ0v) is 12.6. The van der Waals surface area contributed by atoms with Crippen LogP contribution >= 0.6 is 15.9 Å². The summed E-state index contributed by atoms with van der Waals surface area (Å²) in [6.45, 7) is 0. The van der Waals surface area contributed by atoms with Crippen LogP contribution in [-0.4, -0.2) is 37.0 Å². The van der Waals surface area contributed by atoms with E-state index in [2.05, 4.69) is 20.7 Å². The Balaban J connectivity index is 3.12. The third-order valence-corrected chi connectivity index (χ3v) is 3.37. The third-order valence-electron chi connectivity index (χ3n) is 2.19. The maximum Gasteiger partial charge on any atom is 0.426 e. The van der Waals surface area contributed by atoms with Gasteiger partial charge in [0.05, 0.1) is 0 Å². The molecule has 0 aliphatic heterocycles. The SMILES string of the molecule is O=C(OC(CS(=O)(=O)O)C(F)(F)F)c1c(F)cc(Br)cc1F. The zero-order chi connectivity index (χ0) is 17.3. The molecule has 0 amide bonds. The fourth-order valence-corrected chi connectivity index (χ4v) is 2.35. The topological polar surface area (TPSA) is 80.7 Å². The lowest BCUT2D eigenvalue weighted by Crippen LogP contribution is -2.39.